The topological polar surface area (TPSA) is 38.3 Å². The second kappa shape index (κ2) is 9.38. The van der Waals surface area contributed by atoms with Gasteiger partial charge in [0.15, 0.2) is 0 Å². The van der Waals surface area contributed by atoms with Crippen LogP contribution < -0.4 is 10.1 Å². The van der Waals surface area contributed by atoms with Gasteiger partial charge >= 0.3 is 0 Å². The molecule has 0 unspecified atom stereocenters. The molecule has 0 saturated carbocycles. The first-order valence-corrected chi connectivity index (χ1v) is 11.3. The van der Waals surface area contributed by atoms with Crippen LogP contribution in [0, 0.1) is 0 Å². The first kappa shape index (κ1) is 21.2. The van der Waals surface area contributed by atoms with Crippen LogP contribution in [0.25, 0.3) is 0 Å². The van der Waals surface area contributed by atoms with Gasteiger partial charge in [-0.05, 0) is 30.0 Å². The van der Waals surface area contributed by atoms with Crippen LogP contribution in [0.1, 0.15) is 68.2 Å². The normalized spacial score (nSPS) is 16.9. The fourth-order valence-corrected chi connectivity index (χ4v) is 4.67. The van der Waals surface area contributed by atoms with Gasteiger partial charge in [-0.25, -0.2) is 0 Å². The molecule has 3 aromatic rings. The van der Waals surface area contributed by atoms with E-state index in [9.17, 15) is 4.79 Å². The lowest BCUT2D eigenvalue weighted by Gasteiger charge is -2.41. The van der Waals surface area contributed by atoms with Crippen molar-refractivity contribution in [1.29, 1.82) is 0 Å². The zero-order valence-corrected chi connectivity index (χ0v) is 18.4. The molecule has 0 radical (unpaired) electrons. The highest BCUT2D eigenvalue weighted by Crippen LogP contribution is 2.42. The number of rotatable bonds is 7. The molecule has 3 heteroatoms. The van der Waals surface area contributed by atoms with E-state index in [2.05, 4.69) is 49.5 Å². The van der Waals surface area contributed by atoms with E-state index in [-0.39, 0.29) is 23.5 Å². The zero-order chi connectivity index (χ0) is 21.7. The van der Waals surface area contributed by atoms with E-state index in [1.165, 1.54) is 0 Å². The molecule has 1 aliphatic heterocycles. The van der Waals surface area contributed by atoms with Crippen LogP contribution in [-0.2, 0) is 4.79 Å². The molecule has 160 valence electrons. The lowest BCUT2D eigenvalue weighted by Crippen LogP contribution is -2.44. The van der Waals surface area contributed by atoms with Gasteiger partial charge in [0.25, 0.3) is 0 Å². The van der Waals surface area contributed by atoms with Gasteiger partial charge in [0.2, 0.25) is 5.91 Å². The Morgan fingerprint density at radius 2 is 1.45 bits per heavy atom. The summed E-state index contributed by atoms with van der Waals surface area (Å²) in [5.74, 6) is 0.991. The average Bonchev–Trinajstić information content (AvgIpc) is 2.83. The molecule has 1 N–H and O–H groups in total. The van der Waals surface area contributed by atoms with Crippen LogP contribution in [0.2, 0.25) is 0 Å². The summed E-state index contributed by atoms with van der Waals surface area (Å²) in [5.41, 5.74) is 3.16. The molecule has 0 spiro atoms. The summed E-state index contributed by atoms with van der Waals surface area (Å²) >= 11 is 0. The number of carbonyl (C=O) groups is 1. The van der Waals surface area contributed by atoms with E-state index in [1.54, 1.807) is 0 Å². The molecular weight excluding hydrogens is 382 g/mol. The van der Waals surface area contributed by atoms with Crippen molar-refractivity contribution in [3.8, 4) is 5.75 Å². The van der Waals surface area contributed by atoms with Gasteiger partial charge in [0.05, 0.1) is 6.04 Å². The first-order valence-electron chi connectivity index (χ1n) is 11.3. The van der Waals surface area contributed by atoms with Gasteiger partial charge in [-0.15, -0.1) is 0 Å². The standard InChI is InChI=1S/C28H31NO2/c1-3-28(4-2)20-25(23-17-11-12-18-26(23)31-28)29-27(30)19-24(21-13-7-5-8-14-21)22-15-9-6-10-16-22/h5-18,24-25H,3-4,19-20H2,1-2H3,(H,29,30)/t25-/m0/s1. The predicted octanol–water partition coefficient (Wildman–Crippen LogP) is 6.41. The molecule has 3 aromatic carbocycles. The Hall–Kier alpha value is -3.07. The van der Waals surface area contributed by atoms with Crippen molar-refractivity contribution in [2.24, 2.45) is 0 Å². The number of hydrogen-bond donors (Lipinski definition) is 1. The quantitative estimate of drug-likeness (QED) is 0.486. The van der Waals surface area contributed by atoms with Crippen LogP contribution in [0.15, 0.2) is 84.9 Å². The lowest BCUT2D eigenvalue weighted by atomic mass is 9.83. The smallest absolute Gasteiger partial charge is 0.221 e. The van der Waals surface area contributed by atoms with Crippen LogP contribution in [-0.4, -0.2) is 11.5 Å². The van der Waals surface area contributed by atoms with Crippen LogP contribution >= 0.6 is 0 Å². The van der Waals surface area contributed by atoms with Gasteiger partial charge in [-0.2, -0.15) is 0 Å². The number of carbonyl (C=O) groups excluding carboxylic acids is 1. The third-order valence-electron chi connectivity index (χ3n) is 6.61. The van der Waals surface area contributed by atoms with Crippen LogP contribution in [0.4, 0.5) is 0 Å². The van der Waals surface area contributed by atoms with Gasteiger partial charge in [-0.1, -0.05) is 92.7 Å². The second-order valence-corrected chi connectivity index (χ2v) is 8.43. The van der Waals surface area contributed by atoms with E-state index in [0.717, 1.165) is 41.7 Å². The van der Waals surface area contributed by atoms with Crippen molar-refractivity contribution in [3.63, 3.8) is 0 Å². The number of hydrogen-bond acceptors (Lipinski definition) is 2. The van der Waals surface area contributed by atoms with Crippen molar-refractivity contribution in [1.82, 2.24) is 5.32 Å². The Bertz CT molecular complexity index is 956. The molecule has 0 fully saturated rings. The van der Waals surface area contributed by atoms with Crippen molar-refractivity contribution < 1.29 is 9.53 Å². The minimum Gasteiger partial charge on any atom is -0.487 e. The summed E-state index contributed by atoms with van der Waals surface area (Å²) in [6, 6.07) is 28.7. The molecule has 1 aliphatic rings. The summed E-state index contributed by atoms with van der Waals surface area (Å²) in [7, 11) is 0. The maximum atomic E-state index is 13.3. The second-order valence-electron chi connectivity index (χ2n) is 8.43. The number of ether oxygens (including phenoxy) is 1. The summed E-state index contributed by atoms with van der Waals surface area (Å²) in [4.78, 5) is 13.3. The van der Waals surface area contributed by atoms with Gasteiger partial charge in [0.1, 0.15) is 11.4 Å². The van der Waals surface area contributed by atoms with Gasteiger partial charge in [-0.3, -0.25) is 4.79 Å². The first-order chi connectivity index (χ1) is 15.1. The van der Waals surface area contributed by atoms with E-state index >= 15 is 0 Å². The Morgan fingerprint density at radius 3 is 2.03 bits per heavy atom. The fraction of sp³-hybridized carbons (Fsp3) is 0.321. The maximum Gasteiger partial charge on any atom is 0.221 e. The molecule has 0 bridgehead atoms. The number of nitrogens with one attached hydrogen (secondary N) is 1. The van der Waals surface area contributed by atoms with E-state index in [1.807, 2.05) is 54.6 Å². The monoisotopic (exact) mass is 413 g/mol. The highest BCUT2D eigenvalue weighted by molar-refractivity contribution is 5.78. The van der Waals surface area contributed by atoms with Gasteiger partial charge < -0.3 is 10.1 Å². The van der Waals surface area contributed by atoms with E-state index in [0.29, 0.717) is 6.42 Å². The minimum atomic E-state index is -0.232. The molecule has 0 aliphatic carbocycles. The molecule has 4 rings (SSSR count). The Kier molecular flexibility index (Phi) is 6.41. The SMILES string of the molecule is CCC1(CC)C[C@H](NC(=O)CC(c2ccccc2)c2ccccc2)c2ccccc2O1. The molecule has 3 nitrogen and oxygen atoms in total. The summed E-state index contributed by atoms with van der Waals surface area (Å²) < 4.78 is 6.40. The van der Waals surface area contributed by atoms with Crippen molar-refractivity contribution in [3.05, 3.63) is 102 Å². The van der Waals surface area contributed by atoms with Crippen molar-refractivity contribution in [2.45, 2.75) is 57.1 Å². The molecular formula is C28H31NO2. The summed E-state index contributed by atoms with van der Waals surface area (Å²) in [6.07, 6.45) is 3.05. The molecule has 1 heterocycles. The maximum absolute atomic E-state index is 13.3. The molecule has 1 amide bonds. The third kappa shape index (κ3) is 4.66. The van der Waals surface area contributed by atoms with Gasteiger partial charge in [0, 0.05) is 24.3 Å². The molecule has 1 atom stereocenters. The Labute approximate surface area is 185 Å². The Balaban J connectivity index is 1.58. The van der Waals surface area contributed by atoms with Crippen LogP contribution in [0.5, 0.6) is 5.75 Å². The minimum absolute atomic E-state index is 0.0274. The Morgan fingerprint density at radius 1 is 0.903 bits per heavy atom. The molecule has 31 heavy (non-hydrogen) atoms. The van der Waals surface area contributed by atoms with Crippen molar-refractivity contribution >= 4 is 5.91 Å². The molecule has 0 aromatic heterocycles. The van der Waals surface area contributed by atoms with E-state index in [4.69, 9.17) is 4.74 Å². The summed E-state index contributed by atoms with van der Waals surface area (Å²) in [6.45, 7) is 4.33. The number of amides is 1. The van der Waals surface area contributed by atoms with E-state index < -0.39 is 0 Å². The summed E-state index contributed by atoms with van der Waals surface area (Å²) in [5, 5.41) is 3.35. The fourth-order valence-electron chi connectivity index (χ4n) is 4.67. The molecule has 0 saturated heterocycles. The average molecular weight is 414 g/mol. The zero-order valence-electron chi connectivity index (χ0n) is 18.4. The number of fused-ring (bicyclic) bond motifs is 1. The highest BCUT2D eigenvalue weighted by atomic mass is 16.5. The highest BCUT2D eigenvalue weighted by Gasteiger charge is 2.39. The third-order valence-corrected chi connectivity index (χ3v) is 6.61. The number of para-hydroxylation sites is 1. The predicted molar refractivity (Wildman–Crippen MR) is 125 cm³/mol. The number of benzene rings is 3. The van der Waals surface area contributed by atoms with Crippen LogP contribution in [0.3, 0.4) is 0 Å². The lowest BCUT2D eigenvalue weighted by molar-refractivity contribution is -0.122. The largest absolute Gasteiger partial charge is 0.487 e. The van der Waals surface area contributed by atoms with Crippen molar-refractivity contribution in [2.75, 3.05) is 0 Å².